The van der Waals surface area contributed by atoms with Gasteiger partial charge in [0.15, 0.2) is 0 Å². The first kappa shape index (κ1) is 23.0. The molecule has 0 aliphatic rings. The molecule has 34 heavy (non-hydrogen) atoms. The average molecular weight is 454 g/mol. The third-order valence-electron chi connectivity index (χ3n) is 5.58. The zero-order valence-electron chi connectivity index (χ0n) is 19.3. The number of hydrogen-bond acceptors (Lipinski definition) is 4. The molecule has 1 heterocycles. The van der Waals surface area contributed by atoms with Crippen LogP contribution in [0.5, 0.6) is 0 Å². The Hall–Kier alpha value is -4.19. The Morgan fingerprint density at radius 2 is 1.53 bits per heavy atom. The Bertz CT molecular complexity index is 1280. The van der Waals surface area contributed by atoms with E-state index in [1.54, 1.807) is 0 Å². The normalized spacial score (nSPS) is 10.6. The molecule has 2 amide bonds. The number of carbonyl (C=O) groups is 2. The first-order chi connectivity index (χ1) is 16.5. The average Bonchev–Trinajstić information content (AvgIpc) is 3.21. The standard InChI is InChI=1S/C28H27N3O3/c1-19-8-6-7-11-23(19)17-26(32)29-18-25-20(2)34-28(31-25)22-12-14-24(15-13-22)30-27(33)16-21-9-4-3-5-10-21/h3-15H,16-18H2,1-2H3,(H,29,32)(H,30,33). The van der Waals surface area contributed by atoms with Crippen molar-refractivity contribution in [3.05, 3.63) is 107 Å². The zero-order valence-corrected chi connectivity index (χ0v) is 19.3. The predicted octanol–water partition coefficient (Wildman–Crippen LogP) is 5.00. The van der Waals surface area contributed by atoms with Gasteiger partial charge in [-0.2, -0.15) is 0 Å². The van der Waals surface area contributed by atoms with Crippen molar-refractivity contribution in [3.63, 3.8) is 0 Å². The molecule has 0 fully saturated rings. The number of rotatable bonds is 8. The number of oxazole rings is 1. The van der Waals surface area contributed by atoms with Crippen LogP contribution in [-0.4, -0.2) is 16.8 Å². The Labute approximate surface area is 199 Å². The summed E-state index contributed by atoms with van der Waals surface area (Å²) >= 11 is 0. The van der Waals surface area contributed by atoms with Crippen molar-refractivity contribution in [2.75, 3.05) is 5.32 Å². The van der Waals surface area contributed by atoms with Crippen LogP contribution in [0.2, 0.25) is 0 Å². The highest BCUT2D eigenvalue weighted by molar-refractivity contribution is 5.92. The van der Waals surface area contributed by atoms with E-state index in [2.05, 4.69) is 15.6 Å². The van der Waals surface area contributed by atoms with Gasteiger partial charge < -0.3 is 15.1 Å². The van der Waals surface area contributed by atoms with Crippen LogP contribution in [0.15, 0.2) is 83.3 Å². The summed E-state index contributed by atoms with van der Waals surface area (Å²) in [7, 11) is 0. The number of aryl methyl sites for hydroxylation is 2. The second kappa shape index (κ2) is 10.6. The molecule has 4 rings (SSSR count). The molecule has 0 radical (unpaired) electrons. The van der Waals surface area contributed by atoms with E-state index in [4.69, 9.17) is 4.42 Å². The molecule has 1 aromatic heterocycles. The summed E-state index contributed by atoms with van der Waals surface area (Å²) < 4.78 is 5.82. The van der Waals surface area contributed by atoms with Gasteiger partial charge in [-0.1, -0.05) is 54.6 Å². The molecule has 6 heteroatoms. The van der Waals surface area contributed by atoms with Crippen molar-refractivity contribution in [2.45, 2.75) is 33.2 Å². The third-order valence-corrected chi connectivity index (χ3v) is 5.58. The molecule has 0 aliphatic carbocycles. The van der Waals surface area contributed by atoms with Crippen molar-refractivity contribution in [1.29, 1.82) is 0 Å². The van der Waals surface area contributed by atoms with Gasteiger partial charge in [0.2, 0.25) is 17.7 Å². The summed E-state index contributed by atoms with van der Waals surface area (Å²) in [6.07, 6.45) is 0.647. The highest BCUT2D eigenvalue weighted by atomic mass is 16.4. The Morgan fingerprint density at radius 3 is 2.26 bits per heavy atom. The number of carbonyl (C=O) groups excluding carboxylic acids is 2. The molecule has 0 saturated carbocycles. The lowest BCUT2D eigenvalue weighted by Crippen LogP contribution is -2.25. The lowest BCUT2D eigenvalue weighted by molar-refractivity contribution is -0.120. The fourth-order valence-corrected chi connectivity index (χ4v) is 3.62. The quantitative estimate of drug-likeness (QED) is 0.393. The molecule has 2 N–H and O–H groups in total. The predicted molar refractivity (Wildman–Crippen MR) is 132 cm³/mol. The van der Waals surface area contributed by atoms with Crippen LogP contribution >= 0.6 is 0 Å². The number of aromatic nitrogens is 1. The van der Waals surface area contributed by atoms with Crippen LogP contribution in [0.25, 0.3) is 11.5 Å². The molecule has 0 saturated heterocycles. The summed E-state index contributed by atoms with van der Waals surface area (Å²) in [6.45, 7) is 4.13. The van der Waals surface area contributed by atoms with E-state index in [1.165, 1.54) is 0 Å². The largest absolute Gasteiger partial charge is 0.441 e. The van der Waals surface area contributed by atoms with Crippen molar-refractivity contribution in [2.24, 2.45) is 0 Å². The SMILES string of the molecule is Cc1ccccc1CC(=O)NCc1nc(-c2ccc(NC(=O)Cc3ccccc3)cc2)oc1C. The smallest absolute Gasteiger partial charge is 0.228 e. The first-order valence-electron chi connectivity index (χ1n) is 11.2. The molecule has 3 aromatic carbocycles. The molecule has 6 nitrogen and oxygen atoms in total. The van der Waals surface area contributed by atoms with Crippen LogP contribution in [0.4, 0.5) is 5.69 Å². The van der Waals surface area contributed by atoms with Gasteiger partial charge in [0.25, 0.3) is 0 Å². The topological polar surface area (TPSA) is 84.2 Å². The van der Waals surface area contributed by atoms with E-state index < -0.39 is 0 Å². The van der Waals surface area contributed by atoms with Crippen LogP contribution in [-0.2, 0) is 29.0 Å². The molecular formula is C28H27N3O3. The van der Waals surface area contributed by atoms with Gasteiger partial charge in [-0.3, -0.25) is 9.59 Å². The molecule has 0 aliphatic heterocycles. The second-order valence-corrected chi connectivity index (χ2v) is 8.19. The van der Waals surface area contributed by atoms with Crippen LogP contribution in [0.1, 0.15) is 28.1 Å². The third kappa shape index (κ3) is 5.98. The number of hydrogen-bond donors (Lipinski definition) is 2. The molecule has 0 unspecified atom stereocenters. The van der Waals surface area contributed by atoms with Crippen molar-refractivity contribution in [1.82, 2.24) is 10.3 Å². The van der Waals surface area contributed by atoms with Gasteiger partial charge in [0.05, 0.1) is 19.4 Å². The highest BCUT2D eigenvalue weighted by Crippen LogP contribution is 2.23. The monoisotopic (exact) mass is 453 g/mol. The Morgan fingerprint density at radius 1 is 0.824 bits per heavy atom. The van der Waals surface area contributed by atoms with Crippen LogP contribution in [0, 0.1) is 13.8 Å². The second-order valence-electron chi connectivity index (χ2n) is 8.19. The maximum atomic E-state index is 12.4. The van der Waals surface area contributed by atoms with Crippen molar-refractivity contribution >= 4 is 17.5 Å². The lowest BCUT2D eigenvalue weighted by atomic mass is 10.1. The molecule has 0 atom stereocenters. The summed E-state index contributed by atoms with van der Waals surface area (Å²) in [5.74, 6) is 0.998. The summed E-state index contributed by atoms with van der Waals surface area (Å²) in [6, 6.07) is 24.8. The van der Waals surface area contributed by atoms with E-state index in [9.17, 15) is 9.59 Å². The van der Waals surface area contributed by atoms with Gasteiger partial charge >= 0.3 is 0 Å². The minimum atomic E-state index is -0.0744. The molecule has 4 aromatic rings. The van der Waals surface area contributed by atoms with E-state index in [0.29, 0.717) is 42.4 Å². The Kier molecular flexibility index (Phi) is 7.18. The Balaban J connectivity index is 1.33. The highest BCUT2D eigenvalue weighted by Gasteiger charge is 2.13. The van der Waals surface area contributed by atoms with E-state index in [1.807, 2.05) is 92.7 Å². The molecule has 0 spiro atoms. The fraction of sp³-hybridized carbons (Fsp3) is 0.179. The van der Waals surface area contributed by atoms with Gasteiger partial charge in [0.1, 0.15) is 11.5 Å². The van der Waals surface area contributed by atoms with Crippen molar-refractivity contribution in [3.8, 4) is 11.5 Å². The number of amides is 2. The van der Waals surface area contributed by atoms with Gasteiger partial charge in [-0.25, -0.2) is 4.98 Å². The van der Waals surface area contributed by atoms with E-state index in [-0.39, 0.29) is 11.8 Å². The summed E-state index contributed by atoms with van der Waals surface area (Å²) in [5, 5.41) is 5.83. The van der Waals surface area contributed by atoms with Gasteiger partial charge in [0, 0.05) is 11.3 Å². The molecular weight excluding hydrogens is 426 g/mol. The lowest BCUT2D eigenvalue weighted by Gasteiger charge is -2.06. The van der Waals surface area contributed by atoms with Crippen LogP contribution in [0.3, 0.4) is 0 Å². The molecule has 0 bridgehead atoms. The fourth-order valence-electron chi connectivity index (χ4n) is 3.62. The van der Waals surface area contributed by atoms with Crippen LogP contribution < -0.4 is 10.6 Å². The zero-order chi connectivity index (χ0) is 23.9. The number of nitrogens with one attached hydrogen (secondary N) is 2. The minimum Gasteiger partial charge on any atom is -0.441 e. The van der Waals surface area contributed by atoms with Gasteiger partial charge in [-0.05, 0) is 54.8 Å². The number of nitrogens with zero attached hydrogens (tertiary/aromatic N) is 1. The summed E-state index contributed by atoms with van der Waals surface area (Å²) in [4.78, 5) is 29.2. The van der Waals surface area contributed by atoms with Crippen molar-refractivity contribution < 1.29 is 14.0 Å². The minimum absolute atomic E-state index is 0.0613. The van der Waals surface area contributed by atoms with E-state index >= 15 is 0 Å². The number of anilines is 1. The maximum absolute atomic E-state index is 12.4. The number of benzene rings is 3. The van der Waals surface area contributed by atoms with Gasteiger partial charge in [-0.15, -0.1) is 0 Å². The summed E-state index contributed by atoms with van der Waals surface area (Å²) in [5.41, 5.74) is 5.25. The van der Waals surface area contributed by atoms with E-state index in [0.717, 1.165) is 22.3 Å². The first-order valence-corrected chi connectivity index (χ1v) is 11.2. The molecule has 172 valence electrons. The maximum Gasteiger partial charge on any atom is 0.228 e.